The molecule has 3 nitrogen and oxygen atoms in total. The summed E-state index contributed by atoms with van der Waals surface area (Å²) < 4.78 is 17.3. The van der Waals surface area contributed by atoms with Crippen LogP contribution in [-0.2, 0) is 15.5 Å². The topological polar surface area (TPSA) is 38.3 Å². The molecule has 2 saturated heterocycles. The maximum Gasteiger partial charge on any atom is 0.0795 e. The quantitative estimate of drug-likeness (QED) is 0.824. The Morgan fingerprint density at radius 2 is 2.47 bits per heavy atom. The third-order valence-electron chi connectivity index (χ3n) is 3.64. The standard InChI is InChI=1S/C12H23NO2S2/c1-2-17(14)8-5-13-11-3-6-15-12(9-11)4-7-16-10-12/h11,13H,2-10H2,1H3. The van der Waals surface area contributed by atoms with Gasteiger partial charge in [0.25, 0.3) is 0 Å². The first-order valence-electron chi connectivity index (χ1n) is 6.54. The molecule has 0 aromatic heterocycles. The van der Waals surface area contributed by atoms with Crippen LogP contribution in [0.3, 0.4) is 0 Å². The highest BCUT2D eigenvalue weighted by Gasteiger charge is 2.40. The minimum absolute atomic E-state index is 0.157. The zero-order valence-corrected chi connectivity index (χ0v) is 12.2. The molecule has 1 spiro atoms. The molecule has 3 atom stereocenters. The normalized spacial score (nSPS) is 35.2. The number of hydrogen-bond acceptors (Lipinski definition) is 4. The van der Waals surface area contributed by atoms with Gasteiger partial charge in [0.15, 0.2) is 0 Å². The number of ether oxygens (including phenoxy) is 1. The average Bonchev–Trinajstić information content (AvgIpc) is 2.77. The molecule has 2 rings (SSSR count). The fourth-order valence-corrected chi connectivity index (χ4v) is 4.60. The predicted octanol–water partition coefficient (Wildman–Crippen LogP) is 1.40. The van der Waals surface area contributed by atoms with Gasteiger partial charge in [0.05, 0.1) is 5.60 Å². The van der Waals surface area contributed by atoms with E-state index in [-0.39, 0.29) is 5.60 Å². The molecule has 2 aliphatic rings. The molecular formula is C12H23NO2S2. The second-order valence-corrected chi connectivity index (χ2v) is 7.88. The molecule has 2 heterocycles. The van der Waals surface area contributed by atoms with Crippen molar-refractivity contribution in [3.05, 3.63) is 0 Å². The average molecular weight is 277 g/mol. The van der Waals surface area contributed by atoms with Crippen LogP contribution in [0.1, 0.15) is 26.2 Å². The molecule has 0 amide bonds. The van der Waals surface area contributed by atoms with Gasteiger partial charge in [-0.1, -0.05) is 6.92 Å². The van der Waals surface area contributed by atoms with Gasteiger partial charge in [0, 0.05) is 47.3 Å². The molecule has 0 aromatic carbocycles. The Balaban J connectivity index is 1.72. The lowest BCUT2D eigenvalue weighted by Crippen LogP contribution is -2.47. The Hall–Kier alpha value is 0.420. The van der Waals surface area contributed by atoms with Crippen LogP contribution < -0.4 is 5.32 Å². The minimum atomic E-state index is -0.640. The van der Waals surface area contributed by atoms with Crippen molar-refractivity contribution in [2.45, 2.75) is 37.8 Å². The molecule has 100 valence electrons. The van der Waals surface area contributed by atoms with Gasteiger partial charge in [-0.3, -0.25) is 4.21 Å². The van der Waals surface area contributed by atoms with E-state index in [0.717, 1.165) is 43.3 Å². The number of thioether (sulfide) groups is 1. The summed E-state index contributed by atoms with van der Waals surface area (Å²) >= 11 is 2.01. The van der Waals surface area contributed by atoms with Crippen molar-refractivity contribution in [2.75, 3.05) is 36.2 Å². The van der Waals surface area contributed by atoms with Crippen LogP contribution >= 0.6 is 11.8 Å². The maximum absolute atomic E-state index is 11.3. The molecule has 17 heavy (non-hydrogen) atoms. The zero-order valence-electron chi connectivity index (χ0n) is 10.6. The molecule has 0 radical (unpaired) electrons. The predicted molar refractivity (Wildman–Crippen MR) is 75.2 cm³/mol. The molecule has 1 N–H and O–H groups in total. The van der Waals surface area contributed by atoms with Gasteiger partial charge in [-0.15, -0.1) is 0 Å². The van der Waals surface area contributed by atoms with Crippen molar-refractivity contribution < 1.29 is 8.95 Å². The van der Waals surface area contributed by atoms with Crippen LogP contribution in [0.15, 0.2) is 0 Å². The summed E-state index contributed by atoms with van der Waals surface area (Å²) in [5, 5.41) is 3.56. The van der Waals surface area contributed by atoms with Gasteiger partial charge in [0.1, 0.15) is 0 Å². The summed E-state index contributed by atoms with van der Waals surface area (Å²) in [4.78, 5) is 0. The van der Waals surface area contributed by atoms with Gasteiger partial charge in [-0.2, -0.15) is 11.8 Å². The van der Waals surface area contributed by atoms with Crippen LogP contribution in [0.4, 0.5) is 0 Å². The maximum atomic E-state index is 11.3. The van der Waals surface area contributed by atoms with Gasteiger partial charge in [-0.05, 0) is 25.0 Å². The number of rotatable bonds is 5. The largest absolute Gasteiger partial charge is 0.374 e. The van der Waals surface area contributed by atoms with E-state index < -0.39 is 10.8 Å². The fourth-order valence-electron chi connectivity index (χ4n) is 2.59. The first kappa shape index (κ1) is 13.8. The van der Waals surface area contributed by atoms with E-state index in [0.29, 0.717) is 6.04 Å². The second kappa shape index (κ2) is 6.55. The highest BCUT2D eigenvalue weighted by atomic mass is 32.2. The smallest absolute Gasteiger partial charge is 0.0795 e. The Morgan fingerprint density at radius 1 is 1.59 bits per heavy atom. The SMILES string of the molecule is CCS(=O)CCNC1CCOC2(CCSC2)C1. The van der Waals surface area contributed by atoms with E-state index in [1.807, 2.05) is 18.7 Å². The van der Waals surface area contributed by atoms with Crippen molar-refractivity contribution in [3.63, 3.8) is 0 Å². The molecule has 5 heteroatoms. The molecule has 0 aromatic rings. The van der Waals surface area contributed by atoms with E-state index in [9.17, 15) is 4.21 Å². The van der Waals surface area contributed by atoms with Crippen LogP contribution in [0.25, 0.3) is 0 Å². The molecule has 2 fully saturated rings. The molecule has 3 unspecified atom stereocenters. The third-order valence-corrected chi connectivity index (χ3v) is 6.17. The van der Waals surface area contributed by atoms with Gasteiger partial charge >= 0.3 is 0 Å². The summed E-state index contributed by atoms with van der Waals surface area (Å²) in [5.41, 5.74) is 0.157. The summed E-state index contributed by atoms with van der Waals surface area (Å²) in [6, 6.07) is 0.566. The lowest BCUT2D eigenvalue weighted by molar-refractivity contribution is -0.0698. The first-order valence-corrected chi connectivity index (χ1v) is 9.18. The van der Waals surface area contributed by atoms with Crippen LogP contribution in [-0.4, -0.2) is 52.0 Å². The summed E-state index contributed by atoms with van der Waals surface area (Å²) in [6.07, 6.45) is 3.45. The fraction of sp³-hybridized carbons (Fsp3) is 1.00. The summed E-state index contributed by atoms with van der Waals surface area (Å²) in [7, 11) is -0.640. The lowest BCUT2D eigenvalue weighted by atomic mass is 9.90. The van der Waals surface area contributed by atoms with Crippen LogP contribution in [0.5, 0.6) is 0 Å². The van der Waals surface area contributed by atoms with E-state index in [1.54, 1.807) is 0 Å². The van der Waals surface area contributed by atoms with E-state index in [2.05, 4.69) is 5.32 Å². The van der Waals surface area contributed by atoms with Crippen LogP contribution in [0, 0.1) is 0 Å². The van der Waals surface area contributed by atoms with Gasteiger partial charge < -0.3 is 10.1 Å². The van der Waals surface area contributed by atoms with Crippen LogP contribution in [0.2, 0.25) is 0 Å². The number of hydrogen-bond donors (Lipinski definition) is 1. The molecule has 0 saturated carbocycles. The summed E-state index contributed by atoms with van der Waals surface area (Å²) in [5.74, 6) is 3.96. The van der Waals surface area contributed by atoms with Gasteiger partial charge in [-0.25, -0.2) is 0 Å². The first-order chi connectivity index (χ1) is 8.24. The van der Waals surface area contributed by atoms with Gasteiger partial charge in [0.2, 0.25) is 0 Å². The Morgan fingerprint density at radius 3 is 3.18 bits per heavy atom. The van der Waals surface area contributed by atoms with Crippen molar-refractivity contribution in [1.82, 2.24) is 5.32 Å². The highest BCUT2D eigenvalue weighted by Crippen LogP contribution is 2.38. The van der Waals surface area contributed by atoms with Crippen molar-refractivity contribution in [1.29, 1.82) is 0 Å². The molecule has 0 bridgehead atoms. The van der Waals surface area contributed by atoms with E-state index in [1.165, 1.54) is 12.2 Å². The Labute approximate surface area is 111 Å². The summed E-state index contributed by atoms with van der Waals surface area (Å²) in [6.45, 7) is 3.75. The Kier molecular flexibility index (Phi) is 5.33. The third kappa shape index (κ3) is 3.94. The second-order valence-electron chi connectivity index (χ2n) is 4.91. The molecule has 2 aliphatic heterocycles. The zero-order chi connectivity index (χ0) is 12.1. The lowest BCUT2D eigenvalue weighted by Gasteiger charge is -2.38. The number of nitrogens with one attached hydrogen (secondary N) is 1. The molecular weight excluding hydrogens is 254 g/mol. The Bertz CT molecular complexity index is 267. The van der Waals surface area contributed by atoms with Crippen molar-refractivity contribution >= 4 is 22.6 Å². The van der Waals surface area contributed by atoms with E-state index in [4.69, 9.17) is 4.74 Å². The minimum Gasteiger partial charge on any atom is -0.374 e. The molecule has 0 aliphatic carbocycles. The van der Waals surface area contributed by atoms with Crippen molar-refractivity contribution in [3.8, 4) is 0 Å². The highest BCUT2D eigenvalue weighted by molar-refractivity contribution is 7.99. The van der Waals surface area contributed by atoms with Crippen molar-refractivity contribution in [2.24, 2.45) is 0 Å². The van der Waals surface area contributed by atoms with E-state index >= 15 is 0 Å². The monoisotopic (exact) mass is 277 g/mol.